The van der Waals surface area contributed by atoms with Crippen LogP contribution < -0.4 is 16.0 Å². The molecule has 1 saturated carbocycles. The van der Waals surface area contributed by atoms with Gasteiger partial charge in [0.25, 0.3) is 0 Å². The number of aliphatic hydroxyl groups excluding tert-OH is 1. The van der Waals surface area contributed by atoms with Gasteiger partial charge in [0.2, 0.25) is 0 Å². The normalized spacial score (nSPS) is 25.8. The lowest BCUT2D eigenvalue weighted by atomic mass is 9.91. The first-order valence-corrected chi connectivity index (χ1v) is 10.1. The lowest BCUT2D eigenvalue weighted by Crippen LogP contribution is -2.53. The Morgan fingerprint density at radius 3 is 2.85 bits per heavy atom. The van der Waals surface area contributed by atoms with E-state index in [0.29, 0.717) is 17.6 Å². The van der Waals surface area contributed by atoms with Crippen molar-refractivity contribution in [3.63, 3.8) is 0 Å². The van der Waals surface area contributed by atoms with Crippen molar-refractivity contribution in [1.29, 1.82) is 0 Å². The number of rotatable bonds is 6. The third kappa shape index (κ3) is 4.97. The van der Waals surface area contributed by atoms with Gasteiger partial charge in [-0.2, -0.15) is 4.99 Å². The summed E-state index contributed by atoms with van der Waals surface area (Å²) in [5, 5.41) is 22.1. The third-order valence-electron chi connectivity index (χ3n) is 5.66. The highest BCUT2D eigenvalue weighted by molar-refractivity contribution is 5.97. The summed E-state index contributed by atoms with van der Waals surface area (Å²) >= 11 is 0. The van der Waals surface area contributed by atoms with Crippen LogP contribution in [0.3, 0.4) is 0 Å². The number of nitrogens with two attached hydrogens (primary N) is 1. The maximum atomic E-state index is 9.98. The van der Waals surface area contributed by atoms with Gasteiger partial charge in [-0.1, -0.05) is 12.8 Å². The quantitative estimate of drug-likeness (QED) is 0.388. The van der Waals surface area contributed by atoms with Gasteiger partial charge in [0.05, 0.1) is 0 Å². The van der Waals surface area contributed by atoms with Gasteiger partial charge in [-0.05, 0) is 44.7 Å². The van der Waals surface area contributed by atoms with Crippen LogP contribution >= 0.6 is 0 Å². The van der Waals surface area contributed by atoms with Crippen LogP contribution in [0.2, 0.25) is 0 Å². The molecule has 1 aromatic rings. The van der Waals surface area contributed by atoms with E-state index >= 15 is 0 Å². The molecule has 0 radical (unpaired) electrons. The predicted molar refractivity (Wildman–Crippen MR) is 109 cm³/mol. The second-order valence-corrected chi connectivity index (χ2v) is 8.03. The zero-order valence-corrected chi connectivity index (χ0v) is 16.5. The summed E-state index contributed by atoms with van der Waals surface area (Å²) in [6, 6.07) is 2.89. The van der Waals surface area contributed by atoms with Crippen molar-refractivity contribution in [1.82, 2.24) is 10.3 Å². The Kier molecular flexibility index (Phi) is 6.68. The SMILES string of the molecule is Cc1cnc(N2CCC(NC3CCCC3)C(CO)C2)c(/C([OH2+])=N/C(C)N)c1. The van der Waals surface area contributed by atoms with Crippen LogP contribution in [-0.2, 0) is 0 Å². The van der Waals surface area contributed by atoms with Gasteiger partial charge in [-0.3, -0.25) is 0 Å². The van der Waals surface area contributed by atoms with Crippen LogP contribution in [0.1, 0.15) is 50.2 Å². The van der Waals surface area contributed by atoms with E-state index < -0.39 is 6.17 Å². The minimum atomic E-state index is -0.419. The highest BCUT2D eigenvalue weighted by atomic mass is 16.3. The summed E-state index contributed by atoms with van der Waals surface area (Å²) in [5.41, 5.74) is 7.46. The number of anilines is 1. The summed E-state index contributed by atoms with van der Waals surface area (Å²) in [6.45, 7) is 5.47. The second kappa shape index (κ2) is 8.99. The third-order valence-corrected chi connectivity index (χ3v) is 5.66. The molecule has 1 aromatic heterocycles. The number of aromatic nitrogens is 1. The topological polar surface area (TPSA) is 110 Å². The molecule has 2 aliphatic rings. The number of aliphatic hydroxyl groups is 1. The first-order valence-electron chi connectivity index (χ1n) is 10.1. The van der Waals surface area contributed by atoms with Crippen molar-refractivity contribution in [3.05, 3.63) is 23.4 Å². The Bertz CT molecular complexity index is 658. The molecule has 1 aliphatic heterocycles. The molecular weight excluding hydrogens is 342 g/mol. The average Bonchev–Trinajstić information content (AvgIpc) is 3.14. The van der Waals surface area contributed by atoms with Crippen molar-refractivity contribution in [2.45, 2.75) is 64.2 Å². The molecular formula is C20H34N5O2+. The van der Waals surface area contributed by atoms with E-state index in [1.165, 1.54) is 25.7 Å². The lowest BCUT2D eigenvalue weighted by Gasteiger charge is -2.40. The van der Waals surface area contributed by atoms with Gasteiger partial charge >= 0.3 is 5.90 Å². The molecule has 27 heavy (non-hydrogen) atoms. The van der Waals surface area contributed by atoms with E-state index in [-0.39, 0.29) is 18.4 Å². The van der Waals surface area contributed by atoms with E-state index in [1.54, 1.807) is 6.92 Å². The minimum absolute atomic E-state index is 0.156. The van der Waals surface area contributed by atoms with Crippen molar-refractivity contribution in [2.75, 3.05) is 24.6 Å². The Labute approximate surface area is 161 Å². The molecule has 2 heterocycles. The molecule has 7 heteroatoms. The zero-order chi connectivity index (χ0) is 19.4. The Balaban J connectivity index is 1.77. The molecule has 6 N–H and O–H groups in total. The van der Waals surface area contributed by atoms with Crippen molar-refractivity contribution >= 4 is 11.7 Å². The van der Waals surface area contributed by atoms with Crippen LogP contribution in [0, 0.1) is 12.8 Å². The summed E-state index contributed by atoms with van der Waals surface area (Å²) < 4.78 is 0. The van der Waals surface area contributed by atoms with Gasteiger partial charge in [0, 0.05) is 43.9 Å². The van der Waals surface area contributed by atoms with Crippen molar-refractivity contribution in [2.24, 2.45) is 16.6 Å². The number of aryl methyl sites for hydroxylation is 1. The molecule has 2 fully saturated rings. The van der Waals surface area contributed by atoms with Gasteiger partial charge in [0.15, 0.2) is 0 Å². The van der Waals surface area contributed by atoms with Gasteiger partial charge in [0.1, 0.15) is 17.5 Å². The molecule has 0 spiro atoms. The monoisotopic (exact) mass is 376 g/mol. The lowest BCUT2D eigenvalue weighted by molar-refractivity contribution is 0.166. The smallest absolute Gasteiger partial charge is 0.365 e. The van der Waals surface area contributed by atoms with E-state index in [4.69, 9.17) is 10.8 Å². The fraction of sp³-hybridized carbons (Fsp3) is 0.700. The van der Waals surface area contributed by atoms with Crippen LogP contribution in [0.5, 0.6) is 0 Å². The van der Waals surface area contributed by atoms with E-state index in [0.717, 1.165) is 30.9 Å². The number of hydrogen-bond acceptors (Lipinski definition) is 6. The van der Waals surface area contributed by atoms with Crippen molar-refractivity contribution in [3.8, 4) is 0 Å². The highest BCUT2D eigenvalue weighted by Gasteiger charge is 2.33. The first kappa shape index (κ1) is 20.0. The summed E-state index contributed by atoms with van der Waals surface area (Å²) in [7, 11) is 0. The van der Waals surface area contributed by atoms with Crippen LogP contribution in [0.15, 0.2) is 17.3 Å². The molecule has 0 aromatic carbocycles. The fourth-order valence-corrected chi connectivity index (χ4v) is 4.29. The van der Waals surface area contributed by atoms with Crippen LogP contribution in [0.25, 0.3) is 0 Å². The summed E-state index contributed by atoms with van der Waals surface area (Å²) in [6.07, 6.45) is 7.49. The first-order chi connectivity index (χ1) is 13.0. The number of piperidine rings is 1. The highest BCUT2D eigenvalue weighted by Crippen LogP contribution is 2.27. The fourth-order valence-electron chi connectivity index (χ4n) is 4.29. The van der Waals surface area contributed by atoms with E-state index in [2.05, 4.69) is 20.2 Å². The van der Waals surface area contributed by atoms with E-state index in [9.17, 15) is 5.11 Å². The number of pyridine rings is 1. The standard InChI is InChI=1S/C20H33N5O2/c1-13-9-17(20(27)23-14(2)21)19(22-10-13)25-8-7-18(15(11-25)12-26)24-16-5-3-4-6-16/h9-10,14-16,18,24,26H,3-8,11-12,21H2,1-2H3,(H,23,27)/p+1. The molecule has 3 unspecified atom stereocenters. The average molecular weight is 377 g/mol. The maximum Gasteiger partial charge on any atom is 0.365 e. The Morgan fingerprint density at radius 1 is 1.44 bits per heavy atom. The molecule has 150 valence electrons. The molecule has 7 nitrogen and oxygen atoms in total. The minimum Gasteiger partial charge on any atom is -0.578 e. The van der Waals surface area contributed by atoms with Crippen LogP contribution in [-0.4, -0.2) is 59.0 Å². The number of nitrogens with zero attached hydrogens (tertiary/aromatic N) is 3. The molecule has 1 aliphatic carbocycles. The number of aliphatic imine (C=N–C) groups is 1. The number of hydrogen-bond donors (Lipinski definition) is 3. The molecule has 3 rings (SSSR count). The molecule has 0 bridgehead atoms. The van der Waals surface area contributed by atoms with Gasteiger partial charge in [-0.15, -0.1) is 0 Å². The maximum absolute atomic E-state index is 9.98. The van der Waals surface area contributed by atoms with E-state index in [1.807, 2.05) is 19.2 Å². The van der Waals surface area contributed by atoms with Gasteiger partial charge in [-0.25, -0.2) is 4.98 Å². The number of nitrogens with one attached hydrogen (secondary N) is 1. The zero-order valence-electron chi connectivity index (χ0n) is 16.5. The molecule has 0 amide bonds. The van der Waals surface area contributed by atoms with Crippen molar-refractivity contribution < 1.29 is 10.2 Å². The summed E-state index contributed by atoms with van der Waals surface area (Å²) in [4.78, 5) is 11.0. The largest absolute Gasteiger partial charge is 0.578 e. The Morgan fingerprint density at radius 2 is 2.19 bits per heavy atom. The second-order valence-electron chi connectivity index (χ2n) is 8.03. The van der Waals surface area contributed by atoms with Gasteiger partial charge < -0.3 is 26.2 Å². The Hall–Kier alpha value is -1.70. The molecule has 1 saturated heterocycles. The van der Waals surface area contributed by atoms with Crippen LogP contribution in [0.4, 0.5) is 5.82 Å². The summed E-state index contributed by atoms with van der Waals surface area (Å²) in [5.74, 6) is 1.10. The predicted octanol–water partition coefficient (Wildman–Crippen LogP) is 0.885. The molecule has 3 atom stereocenters.